The Morgan fingerprint density at radius 2 is 1.88 bits per heavy atom. The number of ether oxygens (including phenoxy) is 1. The van der Waals surface area contributed by atoms with Crippen LogP contribution < -0.4 is 10.3 Å². The van der Waals surface area contributed by atoms with Gasteiger partial charge in [0, 0.05) is 36.6 Å². The van der Waals surface area contributed by atoms with Gasteiger partial charge in [0.05, 0.1) is 12.8 Å². The number of rotatable bonds is 3. The molecule has 0 aliphatic rings. The summed E-state index contributed by atoms with van der Waals surface area (Å²) >= 11 is 0. The smallest absolute Gasteiger partial charge is 0.264 e. The SMILES string of the molecule is COc1cccc(-c2cc3onc(-c4ccncc4)c3c(=O)n2C)c1. The summed E-state index contributed by atoms with van der Waals surface area (Å²) in [6.07, 6.45) is 3.32. The number of hydrogen-bond donors (Lipinski definition) is 0. The highest BCUT2D eigenvalue weighted by Gasteiger charge is 2.18. The van der Waals surface area contributed by atoms with Crippen molar-refractivity contribution in [2.24, 2.45) is 7.05 Å². The first-order valence-corrected chi connectivity index (χ1v) is 7.73. The van der Waals surface area contributed by atoms with Gasteiger partial charge in [-0.15, -0.1) is 0 Å². The van der Waals surface area contributed by atoms with E-state index in [0.29, 0.717) is 16.7 Å². The van der Waals surface area contributed by atoms with Crippen LogP contribution in [-0.4, -0.2) is 21.8 Å². The molecule has 6 heteroatoms. The second-order valence-corrected chi connectivity index (χ2v) is 5.63. The number of nitrogens with zero attached hydrogens (tertiary/aromatic N) is 3. The monoisotopic (exact) mass is 333 g/mol. The Kier molecular flexibility index (Phi) is 3.57. The molecule has 0 atom stereocenters. The molecule has 124 valence electrons. The Labute approximate surface area is 143 Å². The molecule has 3 aromatic heterocycles. The molecule has 0 fully saturated rings. The van der Waals surface area contributed by atoms with E-state index in [1.807, 2.05) is 30.3 Å². The van der Waals surface area contributed by atoms with Crippen molar-refractivity contribution in [3.63, 3.8) is 0 Å². The first-order valence-electron chi connectivity index (χ1n) is 7.73. The third kappa shape index (κ3) is 2.48. The van der Waals surface area contributed by atoms with Crippen LogP contribution in [0.1, 0.15) is 0 Å². The zero-order valence-electron chi connectivity index (χ0n) is 13.8. The van der Waals surface area contributed by atoms with Gasteiger partial charge in [0.2, 0.25) is 0 Å². The van der Waals surface area contributed by atoms with Gasteiger partial charge in [0.25, 0.3) is 5.56 Å². The molecule has 0 saturated carbocycles. The fraction of sp³-hybridized carbons (Fsp3) is 0.105. The minimum atomic E-state index is -0.164. The van der Waals surface area contributed by atoms with Crippen molar-refractivity contribution >= 4 is 11.0 Å². The summed E-state index contributed by atoms with van der Waals surface area (Å²) in [6.45, 7) is 0. The lowest BCUT2D eigenvalue weighted by molar-refractivity contribution is 0.415. The molecule has 0 amide bonds. The van der Waals surface area contributed by atoms with Crippen LogP contribution in [0.25, 0.3) is 33.5 Å². The van der Waals surface area contributed by atoms with Gasteiger partial charge in [-0.25, -0.2) is 0 Å². The molecule has 4 aromatic rings. The second kappa shape index (κ2) is 5.90. The Hall–Kier alpha value is -3.41. The van der Waals surface area contributed by atoms with Gasteiger partial charge in [0.1, 0.15) is 16.8 Å². The Morgan fingerprint density at radius 3 is 2.64 bits per heavy atom. The van der Waals surface area contributed by atoms with E-state index in [1.54, 1.807) is 43.3 Å². The third-order valence-corrected chi connectivity index (χ3v) is 4.19. The van der Waals surface area contributed by atoms with Gasteiger partial charge in [-0.1, -0.05) is 17.3 Å². The van der Waals surface area contributed by atoms with E-state index in [9.17, 15) is 4.79 Å². The minimum absolute atomic E-state index is 0.164. The highest BCUT2D eigenvalue weighted by atomic mass is 16.5. The third-order valence-electron chi connectivity index (χ3n) is 4.19. The maximum atomic E-state index is 12.9. The Morgan fingerprint density at radius 1 is 1.08 bits per heavy atom. The van der Waals surface area contributed by atoms with Crippen LogP contribution in [-0.2, 0) is 7.05 Å². The van der Waals surface area contributed by atoms with Crippen molar-refractivity contribution in [1.82, 2.24) is 14.7 Å². The predicted octanol–water partition coefficient (Wildman–Crippen LogP) is 3.26. The molecular formula is C19H15N3O3. The van der Waals surface area contributed by atoms with Crippen molar-refractivity contribution in [1.29, 1.82) is 0 Å². The first-order chi connectivity index (χ1) is 12.2. The molecule has 1 aromatic carbocycles. The molecule has 0 aliphatic heterocycles. The predicted molar refractivity (Wildman–Crippen MR) is 94.5 cm³/mol. The van der Waals surface area contributed by atoms with Gasteiger partial charge < -0.3 is 13.8 Å². The summed E-state index contributed by atoms with van der Waals surface area (Å²) in [6, 6.07) is 13.0. The first kappa shape index (κ1) is 15.1. The van der Waals surface area contributed by atoms with E-state index in [-0.39, 0.29) is 5.56 Å². The van der Waals surface area contributed by atoms with Crippen LogP contribution in [0.3, 0.4) is 0 Å². The zero-order chi connectivity index (χ0) is 17.4. The molecule has 3 heterocycles. The van der Waals surface area contributed by atoms with Crippen LogP contribution in [0, 0.1) is 0 Å². The fourth-order valence-corrected chi connectivity index (χ4v) is 2.87. The van der Waals surface area contributed by atoms with Gasteiger partial charge in [-0.05, 0) is 24.3 Å². The number of fused-ring (bicyclic) bond motifs is 1. The van der Waals surface area contributed by atoms with Gasteiger partial charge in [-0.3, -0.25) is 9.78 Å². The summed E-state index contributed by atoms with van der Waals surface area (Å²) < 4.78 is 12.3. The molecule has 0 unspecified atom stereocenters. The van der Waals surface area contributed by atoms with Crippen LogP contribution in [0.5, 0.6) is 5.75 Å². The quantitative estimate of drug-likeness (QED) is 0.575. The average molecular weight is 333 g/mol. The molecule has 0 saturated heterocycles. The molecule has 25 heavy (non-hydrogen) atoms. The second-order valence-electron chi connectivity index (χ2n) is 5.63. The van der Waals surface area contributed by atoms with Crippen LogP contribution in [0.15, 0.2) is 64.2 Å². The molecule has 0 bridgehead atoms. The van der Waals surface area contributed by atoms with E-state index in [2.05, 4.69) is 10.1 Å². The van der Waals surface area contributed by atoms with Crippen molar-refractivity contribution < 1.29 is 9.26 Å². The minimum Gasteiger partial charge on any atom is -0.497 e. The van der Waals surface area contributed by atoms with Crippen molar-refractivity contribution in [3.8, 4) is 28.3 Å². The van der Waals surface area contributed by atoms with E-state index in [1.165, 1.54) is 0 Å². The Balaban J connectivity index is 1.96. The normalized spacial score (nSPS) is 11.0. The maximum Gasteiger partial charge on any atom is 0.264 e. The molecule has 6 nitrogen and oxygen atoms in total. The van der Waals surface area contributed by atoms with Crippen molar-refractivity contribution in [3.05, 3.63) is 65.2 Å². The molecule has 0 radical (unpaired) electrons. The zero-order valence-corrected chi connectivity index (χ0v) is 13.8. The lowest BCUT2D eigenvalue weighted by Crippen LogP contribution is -2.18. The molecular weight excluding hydrogens is 318 g/mol. The fourth-order valence-electron chi connectivity index (χ4n) is 2.87. The molecule has 0 spiro atoms. The summed E-state index contributed by atoms with van der Waals surface area (Å²) in [5.74, 6) is 0.722. The van der Waals surface area contributed by atoms with Gasteiger partial charge >= 0.3 is 0 Å². The van der Waals surface area contributed by atoms with E-state index in [0.717, 1.165) is 22.6 Å². The summed E-state index contributed by atoms with van der Waals surface area (Å²) in [4.78, 5) is 16.9. The lowest BCUT2D eigenvalue weighted by atomic mass is 10.1. The number of benzene rings is 1. The van der Waals surface area contributed by atoms with Gasteiger partial charge in [0.15, 0.2) is 5.58 Å². The van der Waals surface area contributed by atoms with Crippen LogP contribution >= 0.6 is 0 Å². The van der Waals surface area contributed by atoms with Crippen molar-refractivity contribution in [2.75, 3.05) is 7.11 Å². The highest BCUT2D eigenvalue weighted by Crippen LogP contribution is 2.29. The Bertz CT molecular complexity index is 1110. The lowest BCUT2D eigenvalue weighted by Gasteiger charge is -2.09. The number of pyridine rings is 2. The van der Waals surface area contributed by atoms with E-state index < -0.39 is 0 Å². The summed E-state index contributed by atoms with van der Waals surface area (Å²) in [5, 5.41) is 4.55. The van der Waals surface area contributed by atoms with E-state index in [4.69, 9.17) is 9.26 Å². The summed E-state index contributed by atoms with van der Waals surface area (Å²) in [7, 11) is 3.35. The molecule has 0 N–H and O–H groups in total. The molecule has 4 rings (SSSR count). The maximum absolute atomic E-state index is 12.9. The number of hydrogen-bond acceptors (Lipinski definition) is 5. The standard InChI is InChI=1S/C19H15N3O3/c1-22-15(13-4-3-5-14(10-13)24-2)11-16-17(19(22)23)18(21-25-16)12-6-8-20-9-7-12/h3-11H,1-2H3. The molecule has 0 aliphatic carbocycles. The van der Waals surface area contributed by atoms with E-state index >= 15 is 0 Å². The number of methoxy groups -OCH3 is 1. The highest BCUT2D eigenvalue weighted by molar-refractivity contribution is 5.92. The van der Waals surface area contributed by atoms with Crippen molar-refractivity contribution in [2.45, 2.75) is 0 Å². The average Bonchev–Trinajstić information content (AvgIpc) is 3.09. The largest absolute Gasteiger partial charge is 0.497 e. The van der Waals surface area contributed by atoms with Gasteiger partial charge in [-0.2, -0.15) is 0 Å². The summed E-state index contributed by atoms with van der Waals surface area (Å²) in [5.41, 5.74) is 3.20. The topological polar surface area (TPSA) is 70.2 Å². The van der Waals surface area contributed by atoms with Crippen LogP contribution in [0.2, 0.25) is 0 Å². The number of aromatic nitrogens is 3. The van der Waals surface area contributed by atoms with Crippen LogP contribution in [0.4, 0.5) is 0 Å².